The van der Waals surface area contributed by atoms with Gasteiger partial charge in [-0.3, -0.25) is 9.69 Å². The van der Waals surface area contributed by atoms with Crippen molar-refractivity contribution >= 4 is 17.3 Å². The predicted molar refractivity (Wildman–Crippen MR) is 85.4 cm³/mol. The lowest BCUT2D eigenvalue weighted by Crippen LogP contribution is -2.47. The van der Waals surface area contributed by atoms with Crippen LogP contribution in [0.5, 0.6) is 0 Å². The lowest BCUT2D eigenvalue weighted by molar-refractivity contribution is -0.146. The first-order valence-corrected chi connectivity index (χ1v) is 9.13. The Bertz CT molecular complexity index is 469. The number of carbonyl (C=O) groups is 1. The molecule has 1 heterocycles. The van der Waals surface area contributed by atoms with E-state index in [9.17, 15) is 9.90 Å². The van der Waals surface area contributed by atoms with Gasteiger partial charge in [0.2, 0.25) is 0 Å². The summed E-state index contributed by atoms with van der Waals surface area (Å²) in [5, 5.41) is 13.9. The van der Waals surface area contributed by atoms with Gasteiger partial charge in [-0.05, 0) is 60.4 Å². The highest BCUT2D eigenvalue weighted by Gasteiger charge is 2.42. The number of hydrogen-bond donors (Lipinski definition) is 1. The third kappa shape index (κ3) is 3.49. The standard InChI is InChI=1S/C17H25NO2S/c1-2-12-3-6-15(17(19)20)16(9-12)18(14-4-5-14)10-13-7-8-21-11-13/h7-8,11-12,14-16H,2-6,9-10H2,1H3,(H,19,20). The van der Waals surface area contributed by atoms with Gasteiger partial charge in [0.05, 0.1) is 5.92 Å². The lowest BCUT2D eigenvalue weighted by Gasteiger charge is -2.41. The zero-order valence-electron chi connectivity index (χ0n) is 12.7. The average Bonchev–Trinajstić information content (AvgIpc) is 3.20. The molecule has 2 aliphatic rings. The molecule has 3 unspecified atom stereocenters. The molecule has 3 nitrogen and oxygen atoms in total. The second kappa shape index (κ2) is 6.49. The summed E-state index contributed by atoms with van der Waals surface area (Å²) in [6.07, 6.45) is 6.66. The summed E-state index contributed by atoms with van der Waals surface area (Å²) in [6, 6.07) is 3.02. The van der Waals surface area contributed by atoms with E-state index >= 15 is 0 Å². The lowest BCUT2D eigenvalue weighted by atomic mass is 9.76. The van der Waals surface area contributed by atoms with Crippen molar-refractivity contribution in [2.24, 2.45) is 11.8 Å². The smallest absolute Gasteiger partial charge is 0.308 e. The first-order valence-electron chi connectivity index (χ1n) is 8.18. The first kappa shape index (κ1) is 15.0. The van der Waals surface area contributed by atoms with Gasteiger partial charge in [-0.2, -0.15) is 11.3 Å². The Labute approximate surface area is 131 Å². The van der Waals surface area contributed by atoms with Crippen LogP contribution in [0.2, 0.25) is 0 Å². The fraction of sp³-hybridized carbons (Fsp3) is 0.706. The van der Waals surface area contributed by atoms with Crippen molar-refractivity contribution in [1.29, 1.82) is 0 Å². The third-order valence-corrected chi connectivity index (χ3v) is 5.94. The Hall–Kier alpha value is -0.870. The van der Waals surface area contributed by atoms with E-state index in [2.05, 4.69) is 28.7 Å². The largest absolute Gasteiger partial charge is 0.481 e. The maximum absolute atomic E-state index is 11.7. The van der Waals surface area contributed by atoms with Crippen molar-refractivity contribution in [2.75, 3.05) is 0 Å². The fourth-order valence-electron chi connectivity index (χ4n) is 3.77. The van der Waals surface area contributed by atoms with Crippen molar-refractivity contribution in [3.63, 3.8) is 0 Å². The van der Waals surface area contributed by atoms with Gasteiger partial charge in [0.25, 0.3) is 0 Å². The van der Waals surface area contributed by atoms with Crippen LogP contribution < -0.4 is 0 Å². The van der Waals surface area contributed by atoms with Crippen LogP contribution in [0.25, 0.3) is 0 Å². The van der Waals surface area contributed by atoms with E-state index < -0.39 is 5.97 Å². The Morgan fingerprint density at radius 2 is 2.19 bits per heavy atom. The molecule has 2 saturated carbocycles. The van der Waals surface area contributed by atoms with Gasteiger partial charge in [-0.1, -0.05) is 13.3 Å². The fourth-order valence-corrected chi connectivity index (χ4v) is 4.43. The summed E-state index contributed by atoms with van der Waals surface area (Å²) in [6.45, 7) is 3.17. The molecule has 116 valence electrons. The van der Waals surface area contributed by atoms with Gasteiger partial charge in [-0.15, -0.1) is 0 Å². The highest BCUT2D eigenvalue weighted by Crippen LogP contribution is 2.40. The molecule has 1 aromatic rings. The predicted octanol–water partition coefficient (Wildman–Crippen LogP) is 3.99. The van der Waals surface area contributed by atoms with Crippen molar-refractivity contribution in [1.82, 2.24) is 4.90 Å². The maximum atomic E-state index is 11.7. The Morgan fingerprint density at radius 1 is 1.38 bits per heavy atom. The zero-order valence-corrected chi connectivity index (χ0v) is 13.5. The molecule has 3 atom stereocenters. The van der Waals surface area contributed by atoms with E-state index in [1.807, 2.05) is 0 Å². The molecule has 0 radical (unpaired) electrons. The number of thiophene rings is 1. The van der Waals surface area contributed by atoms with Crippen LogP contribution in [0.15, 0.2) is 16.8 Å². The van der Waals surface area contributed by atoms with E-state index in [0.29, 0.717) is 12.0 Å². The minimum absolute atomic E-state index is 0.174. The van der Waals surface area contributed by atoms with Gasteiger partial charge in [0.1, 0.15) is 0 Å². The number of carboxylic acids is 1. The molecule has 2 fully saturated rings. The monoisotopic (exact) mass is 307 g/mol. The van der Waals surface area contributed by atoms with E-state index in [-0.39, 0.29) is 12.0 Å². The topological polar surface area (TPSA) is 40.5 Å². The van der Waals surface area contributed by atoms with Crippen molar-refractivity contribution < 1.29 is 9.90 Å². The van der Waals surface area contributed by atoms with Crippen LogP contribution in [0.4, 0.5) is 0 Å². The van der Waals surface area contributed by atoms with Gasteiger partial charge in [-0.25, -0.2) is 0 Å². The molecule has 21 heavy (non-hydrogen) atoms. The highest BCUT2D eigenvalue weighted by molar-refractivity contribution is 7.07. The Morgan fingerprint density at radius 3 is 2.76 bits per heavy atom. The molecule has 1 aromatic heterocycles. The zero-order chi connectivity index (χ0) is 14.8. The molecule has 4 heteroatoms. The number of hydrogen-bond acceptors (Lipinski definition) is 3. The summed E-state index contributed by atoms with van der Waals surface area (Å²) < 4.78 is 0. The van der Waals surface area contributed by atoms with E-state index in [1.54, 1.807) is 11.3 Å². The molecule has 3 rings (SSSR count). The summed E-state index contributed by atoms with van der Waals surface area (Å²) >= 11 is 1.73. The molecule has 2 aliphatic carbocycles. The van der Waals surface area contributed by atoms with Crippen LogP contribution in [0.3, 0.4) is 0 Å². The molecule has 0 bridgehead atoms. The minimum Gasteiger partial charge on any atom is -0.481 e. The van der Waals surface area contributed by atoms with E-state index in [0.717, 1.165) is 25.8 Å². The molecule has 0 spiro atoms. The number of rotatable bonds is 6. The molecule has 0 aliphatic heterocycles. The number of nitrogens with zero attached hydrogens (tertiary/aromatic N) is 1. The number of carboxylic acid groups (broad SMARTS) is 1. The van der Waals surface area contributed by atoms with Crippen molar-refractivity contribution in [2.45, 2.75) is 64.1 Å². The minimum atomic E-state index is -0.592. The summed E-state index contributed by atoms with van der Waals surface area (Å²) in [4.78, 5) is 14.2. The second-order valence-corrected chi connectivity index (χ2v) is 7.41. The molecule has 0 saturated heterocycles. The number of aliphatic carboxylic acids is 1. The average molecular weight is 307 g/mol. The molecule has 0 aromatic carbocycles. The van der Waals surface area contributed by atoms with Gasteiger partial charge < -0.3 is 5.11 Å². The molecular formula is C17H25NO2S. The highest BCUT2D eigenvalue weighted by atomic mass is 32.1. The first-order chi connectivity index (χ1) is 10.2. The van der Waals surface area contributed by atoms with Gasteiger partial charge in [0, 0.05) is 18.6 Å². The van der Waals surface area contributed by atoms with E-state index in [1.165, 1.54) is 24.8 Å². The Kier molecular flexibility index (Phi) is 4.65. The van der Waals surface area contributed by atoms with Gasteiger partial charge in [0.15, 0.2) is 0 Å². The van der Waals surface area contributed by atoms with Crippen molar-refractivity contribution in [3.8, 4) is 0 Å². The van der Waals surface area contributed by atoms with Crippen LogP contribution in [0.1, 0.15) is 51.0 Å². The molecular weight excluding hydrogens is 282 g/mol. The molecule has 1 N–H and O–H groups in total. The van der Waals surface area contributed by atoms with Crippen LogP contribution in [-0.2, 0) is 11.3 Å². The van der Waals surface area contributed by atoms with Crippen LogP contribution in [-0.4, -0.2) is 28.1 Å². The van der Waals surface area contributed by atoms with Crippen LogP contribution in [0, 0.1) is 11.8 Å². The summed E-state index contributed by atoms with van der Waals surface area (Å²) in [5.74, 6) is -0.0631. The van der Waals surface area contributed by atoms with Crippen molar-refractivity contribution in [3.05, 3.63) is 22.4 Å². The quantitative estimate of drug-likeness (QED) is 0.864. The SMILES string of the molecule is CCC1CCC(C(=O)O)C(N(Cc2ccsc2)C2CC2)C1. The normalized spacial score (nSPS) is 29.7. The maximum Gasteiger partial charge on any atom is 0.308 e. The second-order valence-electron chi connectivity index (χ2n) is 6.63. The summed E-state index contributed by atoms with van der Waals surface area (Å²) in [5.41, 5.74) is 1.34. The summed E-state index contributed by atoms with van der Waals surface area (Å²) in [7, 11) is 0. The van der Waals surface area contributed by atoms with E-state index in [4.69, 9.17) is 0 Å². The Balaban J connectivity index is 1.78. The van der Waals surface area contributed by atoms with Crippen LogP contribution >= 0.6 is 11.3 Å². The molecule has 0 amide bonds. The third-order valence-electron chi connectivity index (χ3n) is 5.21. The van der Waals surface area contributed by atoms with Gasteiger partial charge >= 0.3 is 5.97 Å².